The Labute approximate surface area is 104 Å². The van der Waals surface area contributed by atoms with Gasteiger partial charge in [0.15, 0.2) is 0 Å². The Morgan fingerprint density at radius 2 is 1.83 bits per heavy atom. The van der Waals surface area contributed by atoms with Crippen LogP contribution in [0.15, 0.2) is 59.7 Å². The van der Waals surface area contributed by atoms with Crippen LogP contribution in [-0.2, 0) is 0 Å². The number of halogens is 1. The summed E-state index contributed by atoms with van der Waals surface area (Å²) in [5, 5.41) is 1.16. The third-order valence-corrected chi connectivity index (χ3v) is 2.77. The van der Waals surface area contributed by atoms with E-state index < -0.39 is 0 Å². The molecule has 2 aromatic carbocycles. The third-order valence-electron chi connectivity index (χ3n) is 2.77. The predicted molar refractivity (Wildman–Crippen MR) is 72.0 cm³/mol. The van der Waals surface area contributed by atoms with Gasteiger partial charge in [-0.15, -0.1) is 0 Å². The molecule has 0 spiro atoms. The van der Waals surface area contributed by atoms with Gasteiger partial charge in [-0.1, -0.05) is 18.2 Å². The molecule has 0 aliphatic carbocycles. The summed E-state index contributed by atoms with van der Waals surface area (Å²) in [4.78, 5) is 7.51. The smallest absolute Gasteiger partial charge is 0.123 e. The number of aromatic amines is 1. The minimum atomic E-state index is -0.236. The van der Waals surface area contributed by atoms with Crippen molar-refractivity contribution in [3.8, 4) is 0 Å². The molecular formula is C15H11FN2. The Morgan fingerprint density at radius 1 is 1.00 bits per heavy atom. The lowest BCUT2D eigenvalue weighted by Gasteiger charge is -1.95. The number of fused-ring (bicyclic) bond motifs is 1. The van der Waals surface area contributed by atoms with Gasteiger partial charge in [0, 0.05) is 17.9 Å². The van der Waals surface area contributed by atoms with E-state index in [2.05, 4.69) is 9.98 Å². The van der Waals surface area contributed by atoms with Crippen LogP contribution >= 0.6 is 0 Å². The Morgan fingerprint density at radius 3 is 2.67 bits per heavy atom. The third kappa shape index (κ3) is 2.15. The van der Waals surface area contributed by atoms with Gasteiger partial charge >= 0.3 is 0 Å². The monoisotopic (exact) mass is 238 g/mol. The molecule has 0 fully saturated rings. The van der Waals surface area contributed by atoms with E-state index in [4.69, 9.17) is 0 Å². The zero-order valence-electron chi connectivity index (χ0n) is 9.60. The van der Waals surface area contributed by atoms with Crippen molar-refractivity contribution in [3.63, 3.8) is 0 Å². The number of rotatable bonds is 2. The molecule has 18 heavy (non-hydrogen) atoms. The average Bonchev–Trinajstić information content (AvgIpc) is 2.85. The van der Waals surface area contributed by atoms with Gasteiger partial charge in [0.05, 0.1) is 5.69 Å². The first-order chi connectivity index (χ1) is 8.81. The molecule has 0 aliphatic heterocycles. The molecule has 88 valence electrons. The Balaban J connectivity index is 1.88. The summed E-state index contributed by atoms with van der Waals surface area (Å²) in [5.41, 5.74) is 2.81. The molecule has 1 N–H and O–H groups in total. The lowest BCUT2D eigenvalue weighted by atomic mass is 10.2. The SMILES string of the molecule is Fc1ccc(C=Nc2ccc3cc[nH]c3c2)cc1. The van der Waals surface area contributed by atoms with Gasteiger partial charge in [-0.3, -0.25) is 4.99 Å². The Kier molecular flexibility index (Phi) is 2.65. The number of nitrogens with one attached hydrogen (secondary N) is 1. The number of benzene rings is 2. The van der Waals surface area contributed by atoms with Crippen LogP contribution in [0.3, 0.4) is 0 Å². The van der Waals surface area contributed by atoms with E-state index in [9.17, 15) is 4.39 Å². The summed E-state index contributed by atoms with van der Waals surface area (Å²) in [5.74, 6) is -0.236. The van der Waals surface area contributed by atoms with Gasteiger partial charge in [-0.2, -0.15) is 0 Å². The number of aliphatic imine (C=N–C) groups is 1. The quantitative estimate of drug-likeness (QED) is 0.652. The van der Waals surface area contributed by atoms with Crippen LogP contribution in [0.2, 0.25) is 0 Å². The molecule has 0 bridgehead atoms. The maximum atomic E-state index is 12.7. The first kappa shape index (κ1) is 10.7. The van der Waals surface area contributed by atoms with E-state index in [-0.39, 0.29) is 5.82 Å². The van der Waals surface area contributed by atoms with Crippen LogP contribution in [0.4, 0.5) is 10.1 Å². The molecule has 3 heteroatoms. The highest BCUT2D eigenvalue weighted by atomic mass is 19.1. The molecule has 0 amide bonds. The summed E-state index contributed by atoms with van der Waals surface area (Å²) < 4.78 is 12.7. The zero-order chi connectivity index (χ0) is 12.4. The zero-order valence-corrected chi connectivity index (χ0v) is 9.60. The molecule has 1 heterocycles. The van der Waals surface area contributed by atoms with E-state index in [1.165, 1.54) is 12.1 Å². The van der Waals surface area contributed by atoms with Crippen molar-refractivity contribution in [2.45, 2.75) is 0 Å². The van der Waals surface area contributed by atoms with Crippen LogP contribution in [-0.4, -0.2) is 11.2 Å². The van der Waals surface area contributed by atoms with Crippen LogP contribution in [0.25, 0.3) is 10.9 Å². The topological polar surface area (TPSA) is 28.1 Å². The van der Waals surface area contributed by atoms with Crippen molar-refractivity contribution < 1.29 is 4.39 Å². The van der Waals surface area contributed by atoms with Crippen LogP contribution in [0.5, 0.6) is 0 Å². The van der Waals surface area contributed by atoms with Gasteiger partial charge < -0.3 is 4.98 Å². The molecule has 0 radical (unpaired) electrons. The summed E-state index contributed by atoms with van der Waals surface area (Å²) in [7, 11) is 0. The molecular weight excluding hydrogens is 227 g/mol. The lowest BCUT2D eigenvalue weighted by molar-refractivity contribution is 0.628. The summed E-state index contributed by atoms with van der Waals surface area (Å²) in [6.07, 6.45) is 3.63. The summed E-state index contributed by atoms with van der Waals surface area (Å²) in [6, 6.07) is 14.2. The van der Waals surface area contributed by atoms with E-state index in [0.717, 1.165) is 22.2 Å². The van der Waals surface area contributed by atoms with Crippen molar-refractivity contribution >= 4 is 22.8 Å². The summed E-state index contributed by atoms with van der Waals surface area (Å²) in [6.45, 7) is 0. The normalized spacial score (nSPS) is 11.4. The maximum absolute atomic E-state index is 12.7. The molecule has 3 aromatic rings. The van der Waals surface area contributed by atoms with Gasteiger partial charge in [-0.05, 0) is 41.3 Å². The maximum Gasteiger partial charge on any atom is 0.123 e. The molecule has 0 saturated heterocycles. The second-order valence-corrected chi connectivity index (χ2v) is 4.06. The highest BCUT2D eigenvalue weighted by Crippen LogP contribution is 2.19. The van der Waals surface area contributed by atoms with Crippen LogP contribution < -0.4 is 0 Å². The first-order valence-electron chi connectivity index (χ1n) is 5.68. The largest absolute Gasteiger partial charge is 0.361 e. The molecule has 0 aliphatic rings. The van der Waals surface area contributed by atoms with Gasteiger partial charge in [0.2, 0.25) is 0 Å². The Hall–Kier alpha value is -2.42. The molecule has 3 rings (SSSR count). The van der Waals surface area contributed by atoms with Crippen molar-refractivity contribution in [2.24, 2.45) is 4.99 Å². The van der Waals surface area contributed by atoms with Crippen molar-refractivity contribution in [3.05, 3.63) is 66.1 Å². The molecule has 0 unspecified atom stereocenters. The fourth-order valence-corrected chi connectivity index (χ4v) is 1.81. The lowest BCUT2D eigenvalue weighted by Crippen LogP contribution is -1.80. The standard InChI is InChI=1S/C15H11FN2/c16-13-4-1-11(2-5-13)10-18-14-6-3-12-7-8-17-15(12)9-14/h1-10,17H. The van der Waals surface area contributed by atoms with Crippen LogP contribution in [0, 0.1) is 5.82 Å². The highest BCUT2D eigenvalue weighted by molar-refractivity contribution is 5.85. The molecule has 0 atom stereocenters. The number of H-pyrrole nitrogens is 1. The second-order valence-electron chi connectivity index (χ2n) is 4.06. The van der Waals surface area contributed by atoms with E-state index in [1.807, 2.05) is 30.5 Å². The number of hydrogen-bond acceptors (Lipinski definition) is 1. The van der Waals surface area contributed by atoms with E-state index in [1.54, 1.807) is 18.3 Å². The number of aromatic nitrogens is 1. The van der Waals surface area contributed by atoms with E-state index >= 15 is 0 Å². The fraction of sp³-hybridized carbons (Fsp3) is 0. The minimum Gasteiger partial charge on any atom is -0.361 e. The van der Waals surface area contributed by atoms with Crippen molar-refractivity contribution in [1.29, 1.82) is 0 Å². The second kappa shape index (κ2) is 4.45. The molecule has 2 nitrogen and oxygen atoms in total. The van der Waals surface area contributed by atoms with Gasteiger partial charge in [0.1, 0.15) is 5.82 Å². The van der Waals surface area contributed by atoms with Gasteiger partial charge in [0.25, 0.3) is 0 Å². The minimum absolute atomic E-state index is 0.236. The Bertz CT molecular complexity index is 696. The average molecular weight is 238 g/mol. The first-order valence-corrected chi connectivity index (χ1v) is 5.68. The van der Waals surface area contributed by atoms with Crippen molar-refractivity contribution in [2.75, 3.05) is 0 Å². The predicted octanol–water partition coefficient (Wildman–Crippen LogP) is 4.06. The van der Waals surface area contributed by atoms with Crippen LogP contribution in [0.1, 0.15) is 5.56 Å². The fourth-order valence-electron chi connectivity index (χ4n) is 1.81. The van der Waals surface area contributed by atoms with Crippen molar-refractivity contribution in [1.82, 2.24) is 4.98 Å². The molecule has 0 saturated carbocycles. The van der Waals surface area contributed by atoms with Gasteiger partial charge in [-0.25, -0.2) is 4.39 Å². The summed E-state index contributed by atoms with van der Waals surface area (Å²) >= 11 is 0. The highest BCUT2D eigenvalue weighted by Gasteiger charge is 1.95. The number of hydrogen-bond donors (Lipinski definition) is 1. The number of nitrogens with zero attached hydrogens (tertiary/aromatic N) is 1. The molecule has 1 aromatic heterocycles. The van der Waals surface area contributed by atoms with E-state index in [0.29, 0.717) is 0 Å².